The number of halogens is 1. The zero-order valence-corrected chi connectivity index (χ0v) is 16.2. The van der Waals surface area contributed by atoms with E-state index < -0.39 is 5.66 Å². The monoisotopic (exact) mass is 423 g/mol. The van der Waals surface area contributed by atoms with Crippen LogP contribution >= 0.6 is 15.9 Å². The first-order chi connectivity index (χ1) is 13.1. The van der Waals surface area contributed by atoms with Crippen LogP contribution < -0.4 is 5.32 Å². The second-order valence-corrected chi connectivity index (χ2v) is 7.53. The molecule has 27 heavy (non-hydrogen) atoms. The Morgan fingerprint density at radius 2 is 1.89 bits per heavy atom. The highest BCUT2D eigenvalue weighted by molar-refractivity contribution is 9.10. The van der Waals surface area contributed by atoms with E-state index in [1.165, 1.54) is 5.01 Å². The molecule has 2 aliphatic rings. The molecule has 2 heterocycles. The fourth-order valence-corrected chi connectivity index (χ4v) is 3.95. The molecular formula is C20H18BrN5O. The summed E-state index contributed by atoms with van der Waals surface area (Å²) in [5.74, 6) is 0.0723. The van der Waals surface area contributed by atoms with Gasteiger partial charge in [0, 0.05) is 28.7 Å². The lowest BCUT2D eigenvalue weighted by Gasteiger charge is -2.40. The smallest absolute Gasteiger partial charge is 0.224 e. The van der Waals surface area contributed by atoms with E-state index in [1.54, 1.807) is 0 Å². The van der Waals surface area contributed by atoms with Crippen molar-refractivity contribution in [2.24, 2.45) is 5.10 Å². The molecule has 0 saturated carbocycles. The van der Waals surface area contributed by atoms with Crippen LogP contribution in [0, 0.1) is 11.5 Å². The highest BCUT2D eigenvalue weighted by Crippen LogP contribution is 2.34. The van der Waals surface area contributed by atoms with Gasteiger partial charge in [0.1, 0.15) is 12.3 Å². The van der Waals surface area contributed by atoms with Gasteiger partial charge < -0.3 is 10.2 Å². The number of nitriles is 1. The molecule has 136 valence electrons. The van der Waals surface area contributed by atoms with Gasteiger partial charge in [0.25, 0.3) is 0 Å². The fraction of sp³-hybridized carbons (Fsp3) is 0.250. The minimum absolute atomic E-state index is 0.0723. The number of carbonyl (C=O) groups is 1. The molecule has 1 amide bonds. The van der Waals surface area contributed by atoms with Gasteiger partial charge in [0.2, 0.25) is 12.1 Å². The molecule has 4 rings (SSSR count). The molecule has 2 aromatic rings. The van der Waals surface area contributed by atoms with Crippen molar-refractivity contribution in [3.63, 3.8) is 0 Å². The van der Waals surface area contributed by atoms with Crippen LogP contribution in [-0.4, -0.2) is 40.3 Å². The number of nitrogens with zero attached hydrogens (tertiary/aromatic N) is 4. The first kappa shape index (κ1) is 17.6. The number of likely N-dealkylation sites (tertiary alicyclic amines) is 1. The Morgan fingerprint density at radius 3 is 2.52 bits per heavy atom. The molecular weight excluding hydrogens is 406 g/mol. The van der Waals surface area contributed by atoms with Gasteiger partial charge in [0.15, 0.2) is 5.66 Å². The van der Waals surface area contributed by atoms with Crippen molar-refractivity contribution in [3.05, 3.63) is 64.6 Å². The number of nitrogens with one attached hydrogen (secondary N) is 1. The van der Waals surface area contributed by atoms with Crippen LogP contribution in [0.2, 0.25) is 0 Å². The van der Waals surface area contributed by atoms with E-state index >= 15 is 0 Å². The van der Waals surface area contributed by atoms with E-state index in [0.717, 1.165) is 22.1 Å². The lowest BCUT2D eigenvalue weighted by atomic mass is 9.95. The highest BCUT2D eigenvalue weighted by Gasteiger charge is 2.51. The van der Waals surface area contributed by atoms with Crippen molar-refractivity contribution in [1.82, 2.24) is 9.91 Å². The Kier molecular flexibility index (Phi) is 4.58. The zero-order chi connectivity index (χ0) is 18.9. The summed E-state index contributed by atoms with van der Waals surface area (Å²) in [7, 11) is 0. The summed E-state index contributed by atoms with van der Waals surface area (Å²) in [5.41, 5.74) is 1.54. The summed E-state index contributed by atoms with van der Waals surface area (Å²) in [6.07, 6.45) is 3.43. The molecule has 1 fully saturated rings. The maximum atomic E-state index is 12.7. The Balaban J connectivity index is 1.84. The summed E-state index contributed by atoms with van der Waals surface area (Å²) in [5, 5.41) is 18.9. The number of carbonyl (C=O) groups excluding carboxylic acids is 1. The lowest BCUT2D eigenvalue weighted by molar-refractivity contribution is -0.130. The summed E-state index contributed by atoms with van der Waals surface area (Å²) in [6.45, 7) is 0.906. The van der Waals surface area contributed by atoms with Gasteiger partial charge in [-0.2, -0.15) is 15.4 Å². The van der Waals surface area contributed by atoms with Crippen molar-refractivity contribution in [2.75, 3.05) is 18.4 Å². The van der Waals surface area contributed by atoms with Gasteiger partial charge in [-0.15, -0.1) is 0 Å². The second-order valence-electron chi connectivity index (χ2n) is 6.61. The van der Waals surface area contributed by atoms with Crippen molar-refractivity contribution >= 4 is 33.2 Å². The van der Waals surface area contributed by atoms with Gasteiger partial charge in [-0.3, -0.25) is 4.79 Å². The molecule has 1 saturated heterocycles. The highest BCUT2D eigenvalue weighted by atomic mass is 79.9. The minimum Gasteiger partial charge on any atom is -0.356 e. The van der Waals surface area contributed by atoms with E-state index in [0.29, 0.717) is 18.7 Å². The third kappa shape index (κ3) is 3.17. The summed E-state index contributed by atoms with van der Waals surface area (Å²) in [6, 6.07) is 17.5. The maximum Gasteiger partial charge on any atom is 0.224 e. The molecule has 2 aliphatic heterocycles. The SMILES string of the molecule is N#CN1CC(Nc2ccccc2)(N2CCCC2=O)C(c2ccc(Br)cc2)=N1. The molecule has 0 spiro atoms. The number of hydrazone groups is 1. The zero-order valence-electron chi connectivity index (χ0n) is 14.6. The number of rotatable bonds is 4. The lowest BCUT2D eigenvalue weighted by Crippen LogP contribution is -2.62. The van der Waals surface area contributed by atoms with Gasteiger partial charge in [0.05, 0.1) is 0 Å². The second kappa shape index (κ2) is 7.05. The van der Waals surface area contributed by atoms with Gasteiger partial charge in [-0.1, -0.05) is 46.3 Å². The number of para-hydroxylation sites is 1. The number of benzene rings is 2. The third-order valence-electron chi connectivity index (χ3n) is 4.88. The van der Waals surface area contributed by atoms with Crippen molar-refractivity contribution in [1.29, 1.82) is 5.26 Å². The molecule has 2 aromatic carbocycles. The summed E-state index contributed by atoms with van der Waals surface area (Å²) in [4.78, 5) is 14.5. The average Bonchev–Trinajstić information content (AvgIpc) is 3.27. The first-order valence-corrected chi connectivity index (χ1v) is 9.58. The average molecular weight is 424 g/mol. The van der Waals surface area contributed by atoms with E-state index in [2.05, 4.69) is 32.5 Å². The number of amides is 1. The largest absolute Gasteiger partial charge is 0.356 e. The van der Waals surface area contributed by atoms with Crippen molar-refractivity contribution in [2.45, 2.75) is 18.5 Å². The van der Waals surface area contributed by atoms with Crippen LogP contribution in [-0.2, 0) is 4.79 Å². The van der Waals surface area contributed by atoms with Crippen molar-refractivity contribution < 1.29 is 4.79 Å². The van der Waals surface area contributed by atoms with Crippen LogP contribution in [0.5, 0.6) is 0 Å². The minimum atomic E-state index is -0.890. The van der Waals surface area contributed by atoms with Gasteiger partial charge in [-0.25, -0.2) is 0 Å². The first-order valence-electron chi connectivity index (χ1n) is 8.78. The van der Waals surface area contributed by atoms with E-state index in [-0.39, 0.29) is 12.5 Å². The Hall–Kier alpha value is -2.85. The Morgan fingerprint density at radius 1 is 1.15 bits per heavy atom. The molecule has 0 aliphatic carbocycles. The van der Waals surface area contributed by atoms with Gasteiger partial charge >= 0.3 is 0 Å². The summed E-state index contributed by atoms with van der Waals surface area (Å²) < 4.78 is 0.959. The van der Waals surface area contributed by atoms with Gasteiger partial charge in [-0.05, 0) is 30.7 Å². The van der Waals surface area contributed by atoms with E-state index in [9.17, 15) is 10.1 Å². The normalized spacial score (nSPS) is 21.9. The van der Waals surface area contributed by atoms with E-state index in [4.69, 9.17) is 0 Å². The molecule has 1 atom stereocenters. The fourth-order valence-electron chi connectivity index (χ4n) is 3.68. The van der Waals surface area contributed by atoms with Crippen LogP contribution in [0.1, 0.15) is 18.4 Å². The Labute approximate surface area is 166 Å². The third-order valence-corrected chi connectivity index (χ3v) is 5.41. The molecule has 0 aromatic heterocycles. The van der Waals surface area contributed by atoms with Crippen LogP contribution in [0.15, 0.2) is 64.2 Å². The molecule has 1 unspecified atom stereocenters. The molecule has 0 radical (unpaired) electrons. The molecule has 6 nitrogen and oxygen atoms in total. The predicted molar refractivity (Wildman–Crippen MR) is 107 cm³/mol. The Bertz CT molecular complexity index is 922. The molecule has 7 heteroatoms. The van der Waals surface area contributed by atoms with Crippen molar-refractivity contribution in [3.8, 4) is 6.19 Å². The number of hydrogen-bond acceptors (Lipinski definition) is 5. The van der Waals surface area contributed by atoms with Crippen LogP contribution in [0.3, 0.4) is 0 Å². The predicted octanol–water partition coefficient (Wildman–Crippen LogP) is 3.38. The van der Waals surface area contributed by atoms with Crippen LogP contribution in [0.4, 0.5) is 5.69 Å². The molecule has 0 bridgehead atoms. The number of hydrogen-bond donors (Lipinski definition) is 1. The van der Waals surface area contributed by atoms with Crippen LogP contribution in [0.25, 0.3) is 0 Å². The maximum absolute atomic E-state index is 12.7. The topological polar surface area (TPSA) is 71.7 Å². The number of anilines is 1. The summed E-state index contributed by atoms with van der Waals surface area (Å²) >= 11 is 3.45. The van der Waals surface area contributed by atoms with E-state index in [1.807, 2.05) is 59.5 Å². The molecule has 1 N–H and O–H groups in total. The quantitative estimate of drug-likeness (QED) is 0.764. The standard InChI is InChI=1S/C20H18BrN5O/c21-16-10-8-15(9-11-16)19-20(13-25(14-22)24-19,26-12-4-7-18(26)27)23-17-5-2-1-3-6-17/h1-3,5-6,8-11,23H,4,7,12-13H2.